The van der Waals surface area contributed by atoms with Crippen LogP contribution in [0.5, 0.6) is 0 Å². The van der Waals surface area contributed by atoms with E-state index in [4.69, 9.17) is 0 Å². The number of halogens is 1. The summed E-state index contributed by atoms with van der Waals surface area (Å²) in [4.78, 5) is 1.40. The molecule has 118 valence electrons. The van der Waals surface area contributed by atoms with Crippen LogP contribution in [0.2, 0.25) is 0 Å². The first-order valence-corrected chi connectivity index (χ1v) is 9.87. The van der Waals surface area contributed by atoms with Crippen molar-refractivity contribution < 1.29 is 0 Å². The van der Waals surface area contributed by atoms with Crippen molar-refractivity contribution in [3.8, 4) is 0 Å². The van der Waals surface area contributed by atoms with Gasteiger partial charge in [-0.3, -0.25) is 0 Å². The molecular weight excluding hydrogens is 342 g/mol. The average Bonchev–Trinajstić information content (AvgIpc) is 2.41. The fraction of sp³-hybridized carbons (Fsp3) is 0.667. The maximum Gasteiger partial charge on any atom is 0.0314 e. The Balaban J connectivity index is 1.89. The lowest BCUT2D eigenvalue weighted by Gasteiger charge is -2.26. The summed E-state index contributed by atoms with van der Waals surface area (Å²) in [5.74, 6) is 1.60. The zero-order valence-electron chi connectivity index (χ0n) is 13.5. The predicted molar refractivity (Wildman–Crippen MR) is 98.0 cm³/mol. The van der Waals surface area contributed by atoms with Gasteiger partial charge in [0.1, 0.15) is 0 Å². The van der Waals surface area contributed by atoms with Gasteiger partial charge in [0.05, 0.1) is 0 Å². The Morgan fingerprint density at radius 1 is 1.33 bits per heavy atom. The molecule has 1 nitrogen and oxygen atoms in total. The average molecular weight is 370 g/mol. The van der Waals surface area contributed by atoms with Gasteiger partial charge in [0.25, 0.3) is 0 Å². The minimum Gasteiger partial charge on any atom is -0.312 e. The number of nitrogens with one attached hydrogen (secondary N) is 1. The second-order valence-electron chi connectivity index (χ2n) is 6.80. The summed E-state index contributed by atoms with van der Waals surface area (Å²) >= 11 is 5.83. The van der Waals surface area contributed by atoms with E-state index < -0.39 is 0 Å². The molecule has 0 spiro atoms. The summed E-state index contributed by atoms with van der Waals surface area (Å²) in [6.45, 7) is 8.92. The monoisotopic (exact) mass is 369 g/mol. The van der Waals surface area contributed by atoms with Crippen LogP contribution >= 0.6 is 27.7 Å². The van der Waals surface area contributed by atoms with Gasteiger partial charge in [-0.1, -0.05) is 39.7 Å². The summed E-state index contributed by atoms with van der Waals surface area (Å²) in [7, 11) is 0. The summed E-state index contributed by atoms with van der Waals surface area (Å²) in [5, 5.41) is 4.31. The predicted octanol–water partition coefficient (Wildman–Crippen LogP) is 5.87. The van der Waals surface area contributed by atoms with Crippen LogP contribution in [0.4, 0.5) is 0 Å². The Bertz CT molecular complexity index is 447. The van der Waals surface area contributed by atoms with E-state index in [0.717, 1.165) is 24.3 Å². The van der Waals surface area contributed by atoms with E-state index in [9.17, 15) is 0 Å². The van der Waals surface area contributed by atoms with Crippen LogP contribution < -0.4 is 5.32 Å². The van der Waals surface area contributed by atoms with Crippen LogP contribution in [0.1, 0.15) is 52.0 Å². The molecule has 3 heteroatoms. The highest BCUT2D eigenvalue weighted by Crippen LogP contribution is 2.39. The first-order valence-electron chi connectivity index (χ1n) is 8.20. The fourth-order valence-electron chi connectivity index (χ4n) is 2.92. The lowest BCUT2D eigenvalue weighted by atomic mass is 9.91. The van der Waals surface area contributed by atoms with Gasteiger partial charge < -0.3 is 5.32 Å². The summed E-state index contributed by atoms with van der Waals surface area (Å²) < 4.78 is 1.26. The minimum absolute atomic E-state index is 0.705. The number of hydrogen-bond donors (Lipinski definition) is 1. The molecule has 0 aliphatic heterocycles. The molecule has 1 aliphatic carbocycles. The molecule has 2 unspecified atom stereocenters. The van der Waals surface area contributed by atoms with Crippen LogP contribution in [0.25, 0.3) is 0 Å². The lowest BCUT2D eigenvalue weighted by Crippen LogP contribution is -2.19. The molecule has 1 aliphatic rings. The topological polar surface area (TPSA) is 12.0 Å². The van der Waals surface area contributed by atoms with Gasteiger partial charge in [-0.05, 0) is 64.8 Å². The Labute approximate surface area is 142 Å². The molecule has 2 atom stereocenters. The standard InChI is InChI=1S/C18H28BrNS/c1-13(2)11-20-12-15-7-8-18(17(19)10-15)21-16-6-4-5-14(3)9-16/h7-8,10,13-14,16,20H,4-6,9,11-12H2,1-3H3. The van der Waals surface area contributed by atoms with E-state index in [2.05, 4.69) is 72.0 Å². The molecule has 0 aromatic heterocycles. The van der Waals surface area contributed by atoms with Crippen molar-refractivity contribution in [2.45, 2.75) is 63.1 Å². The normalized spacial score (nSPS) is 22.7. The number of benzene rings is 1. The zero-order chi connectivity index (χ0) is 15.2. The summed E-state index contributed by atoms with van der Waals surface area (Å²) in [5.41, 5.74) is 1.36. The largest absolute Gasteiger partial charge is 0.312 e. The summed E-state index contributed by atoms with van der Waals surface area (Å²) in [6.07, 6.45) is 5.56. The maximum atomic E-state index is 3.76. The highest BCUT2D eigenvalue weighted by Gasteiger charge is 2.20. The second-order valence-corrected chi connectivity index (χ2v) is 9.00. The molecule has 1 aromatic carbocycles. The highest BCUT2D eigenvalue weighted by molar-refractivity contribution is 9.10. The number of hydrogen-bond acceptors (Lipinski definition) is 2. The van der Waals surface area contributed by atoms with Crippen LogP contribution in [-0.2, 0) is 6.54 Å². The SMILES string of the molecule is CC(C)CNCc1ccc(SC2CCCC(C)C2)c(Br)c1. The third-order valence-corrected chi connectivity index (χ3v) is 6.35. The van der Waals surface area contributed by atoms with Crippen molar-refractivity contribution in [2.24, 2.45) is 11.8 Å². The van der Waals surface area contributed by atoms with Crippen molar-refractivity contribution >= 4 is 27.7 Å². The van der Waals surface area contributed by atoms with Gasteiger partial charge >= 0.3 is 0 Å². The third-order valence-electron chi connectivity index (χ3n) is 4.06. The van der Waals surface area contributed by atoms with E-state index in [0.29, 0.717) is 5.92 Å². The van der Waals surface area contributed by atoms with Crippen molar-refractivity contribution in [3.63, 3.8) is 0 Å². The molecule has 0 radical (unpaired) electrons. The van der Waals surface area contributed by atoms with Crippen molar-refractivity contribution in [2.75, 3.05) is 6.54 Å². The molecule has 0 heterocycles. The zero-order valence-corrected chi connectivity index (χ0v) is 15.9. The van der Waals surface area contributed by atoms with Crippen LogP contribution in [-0.4, -0.2) is 11.8 Å². The van der Waals surface area contributed by atoms with Gasteiger partial charge in [0.2, 0.25) is 0 Å². The quantitative estimate of drug-likeness (QED) is 0.673. The van der Waals surface area contributed by atoms with E-state index in [1.54, 1.807) is 0 Å². The third kappa shape index (κ3) is 5.96. The molecule has 0 amide bonds. The van der Waals surface area contributed by atoms with Crippen molar-refractivity contribution in [1.29, 1.82) is 0 Å². The van der Waals surface area contributed by atoms with Crippen molar-refractivity contribution in [1.82, 2.24) is 5.32 Å². The van der Waals surface area contributed by atoms with Gasteiger partial charge in [-0.2, -0.15) is 0 Å². The summed E-state index contributed by atoms with van der Waals surface area (Å²) in [6, 6.07) is 6.84. The molecule has 1 N–H and O–H groups in total. The molecule has 1 saturated carbocycles. The van der Waals surface area contributed by atoms with Crippen LogP contribution in [0, 0.1) is 11.8 Å². The first-order chi connectivity index (χ1) is 10.0. The smallest absolute Gasteiger partial charge is 0.0314 e. The van der Waals surface area contributed by atoms with E-state index in [1.807, 2.05) is 0 Å². The van der Waals surface area contributed by atoms with Crippen LogP contribution in [0.15, 0.2) is 27.6 Å². The van der Waals surface area contributed by atoms with E-state index in [1.165, 1.54) is 40.6 Å². The highest BCUT2D eigenvalue weighted by atomic mass is 79.9. The fourth-order valence-corrected chi connectivity index (χ4v) is 5.01. The van der Waals surface area contributed by atoms with E-state index in [-0.39, 0.29) is 0 Å². The molecule has 0 bridgehead atoms. The van der Waals surface area contributed by atoms with E-state index >= 15 is 0 Å². The maximum absolute atomic E-state index is 3.76. The lowest BCUT2D eigenvalue weighted by molar-refractivity contribution is 0.394. The van der Waals surface area contributed by atoms with Gasteiger partial charge in [-0.25, -0.2) is 0 Å². The van der Waals surface area contributed by atoms with Gasteiger partial charge in [0, 0.05) is 21.2 Å². The molecular formula is C18H28BrNS. The molecule has 2 rings (SSSR count). The molecule has 21 heavy (non-hydrogen) atoms. The Kier molecular flexibility index (Phi) is 7.11. The molecule has 1 aromatic rings. The number of rotatable bonds is 6. The van der Waals surface area contributed by atoms with Crippen LogP contribution in [0.3, 0.4) is 0 Å². The van der Waals surface area contributed by atoms with Crippen molar-refractivity contribution in [3.05, 3.63) is 28.2 Å². The van der Waals surface area contributed by atoms with Gasteiger partial charge in [0.15, 0.2) is 0 Å². The Morgan fingerprint density at radius 3 is 2.81 bits per heavy atom. The molecule has 0 saturated heterocycles. The van der Waals surface area contributed by atoms with Gasteiger partial charge in [-0.15, -0.1) is 11.8 Å². The molecule has 1 fully saturated rings. The Morgan fingerprint density at radius 2 is 2.14 bits per heavy atom. The first kappa shape index (κ1) is 17.4. The minimum atomic E-state index is 0.705. The second kappa shape index (κ2) is 8.59. The number of thioether (sulfide) groups is 1. The Hall–Kier alpha value is 0.01000.